The van der Waals surface area contributed by atoms with E-state index >= 15 is 0 Å². The summed E-state index contributed by atoms with van der Waals surface area (Å²) in [6, 6.07) is 5.66. The van der Waals surface area contributed by atoms with E-state index in [4.69, 9.17) is 0 Å². The van der Waals surface area contributed by atoms with Crippen LogP contribution in [0.1, 0.15) is 18.4 Å². The third kappa shape index (κ3) is 3.17. The van der Waals surface area contributed by atoms with E-state index < -0.39 is 0 Å². The van der Waals surface area contributed by atoms with Crippen molar-refractivity contribution in [2.45, 2.75) is 25.8 Å². The van der Waals surface area contributed by atoms with Gasteiger partial charge in [0.15, 0.2) is 0 Å². The number of aromatic nitrogens is 3. The van der Waals surface area contributed by atoms with Gasteiger partial charge in [-0.15, -0.1) is 10.2 Å². The van der Waals surface area contributed by atoms with Crippen LogP contribution in [0.5, 0.6) is 5.75 Å². The Morgan fingerprint density at radius 2 is 2.18 bits per heavy atom. The highest BCUT2D eigenvalue weighted by molar-refractivity contribution is 5.65. The molecule has 116 valence electrons. The van der Waals surface area contributed by atoms with Gasteiger partial charge in [-0.2, -0.15) is 0 Å². The Labute approximate surface area is 130 Å². The average Bonchev–Trinajstić information content (AvgIpc) is 2.49. The van der Waals surface area contributed by atoms with Crippen LogP contribution in [0.2, 0.25) is 0 Å². The maximum atomic E-state index is 9.90. The Bertz CT molecular complexity index is 661. The normalized spacial score (nSPS) is 19.1. The summed E-state index contributed by atoms with van der Waals surface area (Å²) in [5.41, 5.74) is 2.02. The van der Waals surface area contributed by atoms with Crippen molar-refractivity contribution in [3.05, 3.63) is 30.0 Å². The molecule has 0 saturated carbocycles. The Morgan fingerprint density at radius 3 is 2.91 bits per heavy atom. The maximum absolute atomic E-state index is 9.90. The van der Waals surface area contributed by atoms with Gasteiger partial charge >= 0.3 is 0 Å². The summed E-state index contributed by atoms with van der Waals surface area (Å²) in [7, 11) is 2.14. The van der Waals surface area contributed by atoms with Crippen molar-refractivity contribution in [2.75, 3.05) is 25.5 Å². The van der Waals surface area contributed by atoms with E-state index in [1.165, 1.54) is 6.42 Å². The van der Waals surface area contributed by atoms with E-state index in [-0.39, 0.29) is 5.75 Å². The first-order chi connectivity index (χ1) is 10.6. The summed E-state index contributed by atoms with van der Waals surface area (Å²) in [6.45, 7) is 4.13. The fraction of sp³-hybridized carbons (Fsp3) is 0.438. The summed E-state index contributed by atoms with van der Waals surface area (Å²) in [4.78, 5) is 6.51. The monoisotopic (exact) mass is 299 g/mol. The molecule has 2 aromatic heterocycles. The molecule has 1 aliphatic heterocycles. The van der Waals surface area contributed by atoms with Crippen LogP contribution in [0.15, 0.2) is 24.4 Å². The Hall–Kier alpha value is -2.21. The summed E-state index contributed by atoms with van der Waals surface area (Å²) >= 11 is 0. The minimum Gasteiger partial charge on any atom is -0.506 e. The first-order valence-corrected chi connectivity index (χ1v) is 7.57. The molecule has 0 amide bonds. The minimum absolute atomic E-state index is 0.120. The van der Waals surface area contributed by atoms with Crippen LogP contribution in [0.4, 0.5) is 5.82 Å². The smallest absolute Gasteiger partial charge is 0.149 e. The van der Waals surface area contributed by atoms with E-state index in [1.807, 2.05) is 13.0 Å². The zero-order chi connectivity index (χ0) is 15.5. The van der Waals surface area contributed by atoms with Crippen LogP contribution in [0.3, 0.4) is 0 Å². The molecule has 0 unspecified atom stereocenters. The van der Waals surface area contributed by atoms with Gasteiger partial charge in [0.1, 0.15) is 23.0 Å². The predicted molar refractivity (Wildman–Crippen MR) is 85.8 cm³/mol. The van der Waals surface area contributed by atoms with Gasteiger partial charge in [0.25, 0.3) is 0 Å². The molecule has 6 heteroatoms. The van der Waals surface area contributed by atoms with E-state index in [0.29, 0.717) is 17.4 Å². The van der Waals surface area contributed by atoms with Gasteiger partial charge in [0, 0.05) is 18.8 Å². The van der Waals surface area contributed by atoms with Crippen molar-refractivity contribution < 1.29 is 5.11 Å². The van der Waals surface area contributed by atoms with Gasteiger partial charge < -0.3 is 15.3 Å². The number of nitrogens with zero attached hydrogens (tertiary/aromatic N) is 4. The number of aryl methyl sites for hydroxylation is 1. The van der Waals surface area contributed by atoms with Gasteiger partial charge in [0.05, 0.1) is 0 Å². The van der Waals surface area contributed by atoms with Crippen LogP contribution < -0.4 is 5.32 Å². The zero-order valence-corrected chi connectivity index (χ0v) is 13.0. The molecule has 0 spiro atoms. The largest absolute Gasteiger partial charge is 0.506 e. The van der Waals surface area contributed by atoms with Crippen molar-refractivity contribution in [3.63, 3.8) is 0 Å². The highest BCUT2D eigenvalue weighted by atomic mass is 16.3. The fourth-order valence-corrected chi connectivity index (χ4v) is 2.86. The van der Waals surface area contributed by atoms with Gasteiger partial charge in [-0.05, 0) is 57.1 Å². The Kier molecular flexibility index (Phi) is 4.20. The van der Waals surface area contributed by atoms with Crippen molar-refractivity contribution in [1.82, 2.24) is 20.1 Å². The molecule has 0 radical (unpaired) electrons. The molecule has 2 aromatic rings. The van der Waals surface area contributed by atoms with Crippen LogP contribution in [0.25, 0.3) is 11.4 Å². The molecule has 2 N–H and O–H groups in total. The van der Waals surface area contributed by atoms with Gasteiger partial charge in [-0.3, -0.25) is 4.98 Å². The number of likely N-dealkylation sites (N-methyl/N-ethyl adjacent to an activating group) is 1. The molecular weight excluding hydrogens is 278 g/mol. The number of nitrogens with one attached hydrogen (secondary N) is 1. The van der Waals surface area contributed by atoms with Gasteiger partial charge in [-0.1, -0.05) is 0 Å². The second kappa shape index (κ2) is 6.27. The molecule has 1 fully saturated rings. The third-order valence-electron chi connectivity index (χ3n) is 3.97. The molecule has 3 rings (SSSR count). The standard InChI is InChI=1S/C16H21N5O/c1-11-9-14(18-12-5-4-8-21(2)10-12)19-20-15(11)16-13(22)6-3-7-17-16/h3,6-7,9,12,22H,4-5,8,10H2,1-2H3,(H,18,19)/t12-/m1/s1. The minimum atomic E-state index is 0.120. The first kappa shape index (κ1) is 14.7. The van der Waals surface area contributed by atoms with E-state index in [9.17, 15) is 5.11 Å². The predicted octanol–water partition coefficient (Wildman–Crippen LogP) is 2.06. The number of piperidine rings is 1. The van der Waals surface area contributed by atoms with Crippen LogP contribution >= 0.6 is 0 Å². The molecule has 0 bridgehead atoms. The molecule has 1 aliphatic rings. The van der Waals surface area contributed by atoms with Crippen LogP contribution in [-0.4, -0.2) is 51.4 Å². The molecule has 3 heterocycles. The topological polar surface area (TPSA) is 74.2 Å². The lowest BCUT2D eigenvalue weighted by molar-refractivity contribution is 0.260. The maximum Gasteiger partial charge on any atom is 0.149 e. The molecule has 0 aliphatic carbocycles. The van der Waals surface area contributed by atoms with E-state index in [1.54, 1.807) is 18.3 Å². The van der Waals surface area contributed by atoms with Crippen molar-refractivity contribution in [3.8, 4) is 17.1 Å². The lowest BCUT2D eigenvalue weighted by Crippen LogP contribution is -2.39. The molecule has 1 atom stereocenters. The average molecular weight is 299 g/mol. The highest BCUT2D eigenvalue weighted by Crippen LogP contribution is 2.27. The number of pyridine rings is 1. The van der Waals surface area contributed by atoms with E-state index in [0.717, 1.165) is 30.9 Å². The summed E-state index contributed by atoms with van der Waals surface area (Å²) in [5.74, 6) is 0.895. The van der Waals surface area contributed by atoms with E-state index in [2.05, 4.69) is 32.4 Å². The van der Waals surface area contributed by atoms with Gasteiger partial charge in [-0.25, -0.2) is 0 Å². The zero-order valence-electron chi connectivity index (χ0n) is 13.0. The molecule has 6 nitrogen and oxygen atoms in total. The number of hydrogen-bond donors (Lipinski definition) is 2. The number of hydrogen-bond acceptors (Lipinski definition) is 6. The van der Waals surface area contributed by atoms with Gasteiger partial charge in [0.2, 0.25) is 0 Å². The Morgan fingerprint density at radius 1 is 1.32 bits per heavy atom. The SMILES string of the molecule is Cc1cc(N[C@@H]2CCCN(C)C2)nnc1-c1ncccc1O. The van der Waals surface area contributed by atoms with Crippen molar-refractivity contribution >= 4 is 5.82 Å². The fourth-order valence-electron chi connectivity index (χ4n) is 2.86. The number of aromatic hydroxyl groups is 1. The second-order valence-corrected chi connectivity index (χ2v) is 5.88. The summed E-state index contributed by atoms with van der Waals surface area (Å²) in [6.07, 6.45) is 3.98. The van der Waals surface area contributed by atoms with Crippen LogP contribution in [0, 0.1) is 6.92 Å². The summed E-state index contributed by atoms with van der Waals surface area (Å²) < 4.78 is 0. The van der Waals surface area contributed by atoms with Crippen LogP contribution in [-0.2, 0) is 0 Å². The first-order valence-electron chi connectivity index (χ1n) is 7.57. The molecule has 22 heavy (non-hydrogen) atoms. The van der Waals surface area contributed by atoms with Crippen molar-refractivity contribution in [2.24, 2.45) is 0 Å². The molecular formula is C16H21N5O. The van der Waals surface area contributed by atoms with Crippen molar-refractivity contribution in [1.29, 1.82) is 0 Å². The number of likely N-dealkylation sites (tertiary alicyclic amines) is 1. The highest BCUT2D eigenvalue weighted by Gasteiger charge is 2.18. The number of anilines is 1. The molecule has 1 saturated heterocycles. The lowest BCUT2D eigenvalue weighted by Gasteiger charge is -2.30. The quantitative estimate of drug-likeness (QED) is 0.903. The second-order valence-electron chi connectivity index (χ2n) is 5.88. The third-order valence-corrected chi connectivity index (χ3v) is 3.97. The summed E-state index contributed by atoms with van der Waals surface area (Å²) in [5, 5.41) is 21.8. The molecule has 0 aromatic carbocycles. The lowest BCUT2D eigenvalue weighted by atomic mass is 10.1. The number of rotatable bonds is 3. The Balaban J connectivity index is 1.79.